The van der Waals surface area contributed by atoms with Crippen LogP contribution in [0.1, 0.15) is 55.7 Å². The molecule has 2 unspecified atom stereocenters. The van der Waals surface area contributed by atoms with E-state index in [1.165, 1.54) is 36.0 Å². The van der Waals surface area contributed by atoms with Gasteiger partial charge in [-0.1, -0.05) is 38.3 Å². The van der Waals surface area contributed by atoms with Crippen LogP contribution < -0.4 is 10.5 Å². The molecule has 2 N–H and O–H groups in total. The van der Waals surface area contributed by atoms with Crippen LogP contribution in [0.15, 0.2) is 12.1 Å². The minimum absolute atomic E-state index is 0.206. The summed E-state index contributed by atoms with van der Waals surface area (Å²) in [5, 5.41) is 0. The van der Waals surface area contributed by atoms with Crippen LogP contribution in [0, 0.1) is 19.8 Å². The molecule has 0 heterocycles. The Kier molecular flexibility index (Phi) is 4.19. The maximum absolute atomic E-state index is 6.76. The predicted molar refractivity (Wildman–Crippen MR) is 80.6 cm³/mol. The Labute approximate surface area is 117 Å². The van der Waals surface area contributed by atoms with E-state index in [1.54, 1.807) is 7.11 Å². The first-order valence-electron chi connectivity index (χ1n) is 7.45. The van der Waals surface area contributed by atoms with Crippen molar-refractivity contribution in [3.63, 3.8) is 0 Å². The van der Waals surface area contributed by atoms with E-state index in [9.17, 15) is 0 Å². The Bertz CT molecular complexity index is 455. The molecule has 2 heteroatoms. The Hall–Kier alpha value is -1.02. The minimum atomic E-state index is -0.206. The monoisotopic (exact) mass is 261 g/mol. The Morgan fingerprint density at radius 2 is 2.11 bits per heavy atom. The molecule has 19 heavy (non-hydrogen) atoms. The van der Waals surface area contributed by atoms with E-state index in [-0.39, 0.29) is 5.54 Å². The van der Waals surface area contributed by atoms with Crippen molar-refractivity contribution >= 4 is 0 Å². The second-order valence-electron chi connectivity index (χ2n) is 6.12. The van der Waals surface area contributed by atoms with Gasteiger partial charge in [-0.3, -0.25) is 0 Å². The summed E-state index contributed by atoms with van der Waals surface area (Å²) in [4.78, 5) is 0. The number of methoxy groups -OCH3 is 1. The molecule has 0 amide bonds. The molecule has 0 radical (unpaired) electrons. The highest BCUT2D eigenvalue weighted by Gasteiger charge is 2.36. The average Bonchev–Trinajstić information content (AvgIpc) is 2.41. The van der Waals surface area contributed by atoms with Crippen LogP contribution >= 0.6 is 0 Å². The second-order valence-corrected chi connectivity index (χ2v) is 6.12. The number of hydrogen-bond acceptors (Lipinski definition) is 2. The van der Waals surface area contributed by atoms with E-state index in [0.29, 0.717) is 0 Å². The fourth-order valence-electron chi connectivity index (χ4n) is 3.46. The van der Waals surface area contributed by atoms with Crippen LogP contribution in [0.2, 0.25) is 0 Å². The summed E-state index contributed by atoms with van der Waals surface area (Å²) in [6, 6.07) is 4.36. The van der Waals surface area contributed by atoms with E-state index in [0.717, 1.165) is 24.5 Å². The lowest BCUT2D eigenvalue weighted by Crippen LogP contribution is -2.41. The maximum atomic E-state index is 6.76. The standard InChI is InChI=1S/C17H27NO/c1-5-14-7-6-10-17(18,11-14)15-9-8-12(2)13(3)16(15)19-4/h8-9,14H,5-7,10-11,18H2,1-4H3. The van der Waals surface area contributed by atoms with E-state index in [4.69, 9.17) is 10.5 Å². The third-order valence-corrected chi connectivity index (χ3v) is 4.88. The average molecular weight is 261 g/mol. The van der Waals surface area contributed by atoms with E-state index in [2.05, 4.69) is 32.9 Å². The van der Waals surface area contributed by atoms with E-state index >= 15 is 0 Å². The molecular weight excluding hydrogens is 234 g/mol. The highest BCUT2D eigenvalue weighted by Crippen LogP contribution is 2.43. The zero-order valence-electron chi connectivity index (χ0n) is 12.8. The molecule has 1 saturated carbocycles. The number of hydrogen-bond donors (Lipinski definition) is 1. The van der Waals surface area contributed by atoms with Gasteiger partial charge < -0.3 is 10.5 Å². The highest BCUT2D eigenvalue weighted by atomic mass is 16.5. The third kappa shape index (κ3) is 2.64. The lowest BCUT2D eigenvalue weighted by atomic mass is 9.71. The first-order chi connectivity index (χ1) is 9.01. The molecule has 2 nitrogen and oxygen atoms in total. The van der Waals surface area contributed by atoms with Gasteiger partial charge in [-0.05, 0) is 43.7 Å². The van der Waals surface area contributed by atoms with Gasteiger partial charge in [0, 0.05) is 11.1 Å². The molecule has 1 aromatic carbocycles. The normalized spacial score (nSPS) is 27.3. The van der Waals surface area contributed by atoms with Crippen molar-refractivity contribution in [1.29, 1.82) is 0 Å². The molecule has 0 saturated heterocycles. The molecule has 2 atom stereocenters. The first kappa shape index (κ1) is 14.4. The van der Waals surface area contributed by atoms with Crippen molar-refractivity contribution in [2.45, 2.75) is 58.4 Å². The summed E-state index contributed by atoms with van der Waals surface area (Å²) < 4.78 is 5.66. The fourth-order valence-corrected chi connectivity index (χ4v) is 3.46. The zero-order chi connectivity index (χ0) is 14.0. The van der Waals surface area contributed by atoms with Gasteiger partial charge in [0.25, 0.3) is 0 Å². The molecule has 1 aliphatic rings. The molecule has 1 aliphatic carbocycles. The van der Waals surface area contributed by atoms with E-state index in [1.807, 2.05) is 0 Å². The summed E-state index contributed by atoms with van der Waals surface area (Å²) in [6.07, 6.45) is 5.94. The molecular formula is C17H27NO. The van der Waals surface area contributed by atoms with Gasteiger partial charge in [-0.25, -0.2) is 0 Å². The van der Waals surface area contributed by atoms with Crippen LogP contribution in [0.5, 0.6) is 5.75 Å². The third-order valence-electron chi connectivity index (χ3n) is 4.88. The van der Waals surface area contributed by atoms with Gasteiger partial charge in [0.2, 0.25) is 0 Å². The Balaban J connectivity index is 2.42. The van der Waals surface area contributed by atoms with Gasteiger partial charge in [0.1, 0.15) is 5.75 Å². The number of benzene rings is 1. The molecule has 1 aromatic rings. The fraction of sp³-hybridized carbons (Fsp3) is 0.647. The van der Waals surface area contributed by atoms with Gasteiger partial charge in [0.15, 0.2) is 0 Å². The Morgan fingerprint density at radius 1 is 1.37 bits per heavy atom. The summed E-state index contributed by atoms with van der Waals surface area (Å²) in [7, 11) is 1.76. The summed E-state index contributed by atoms with van der Waals surface area (Å²) in [5.74, 6) is 1.75. The molecule has 0 aromatic heterocycles. The van der Waals surface area contributed by atoms with Gasteiger partial charge >= 0.3 is 0 Å². The molecule has 0 bridgehead atoms. The smallest absolute Gasteiger partial charge is 0.127 e. The number of ether oxygens (including phenoxy) is 1. The van der Waals surface area contributed by atoms with Crippen molar-refractivity contribution in [3.05, 3.63) is 28.8 Å². The second kappa shape index (κ2) is 5.54. The van der Waals surface area contributed by atoms with Crippen molar-refractivity contribution in [2.75, 3.05) is 7.11 Å². The van der Waals surface area contributed by atoms with Gasteiger partial charge in [0.05, 0.1) is 7.11 Å². The number of aryl methyl sites for hydroxylation is 1. The summed E-state index contributed by atoms with van der Waals surface area (Å²) >= 11 is 0. The lowest BCUT2D eigenvalue weighted by molar-refractivity contribution is 0.216. The molecule has 2 rings (SSSR count). The quantitative estimate of drug-likeness (QED) is 0.890. The Morgan fingerprint density at radius 3 is 2.74 bits per heavy atom. The minimum Gasteiger partial charge on any atom is -0.496 e. The van der Waals surface area contributed by atoms with Crippen molar-refractivity contribution in [2.24, 2.45) is 11.7 Å². The van der Waals surface area contributed by atoms with Gasteiger partial charge in [-0.15, -0.1) is 0 Å². The van der Waals surface area contributed by atoms with Crippen molar-refractivity contribution in [3.8, 4) is 5.75 Å². The molecule has 1 fully saturated rings. The van der Waals surface area contributed by atoms with Crippen LogP contribution in [0.25, 0.3) is 0 Å². The topological polar surface area (TPSA) is 35.2 Å². The van der Waals surface area contributed by atoms with Crippen molar-refractivity contribution < 1.29 is 4.74 Å². The van der Waals surface area contributed by atoms with Crippen LogP contribution in [-0.2, 0) is 5.54 Å². The van der Waals surface area contributed by atoms with E-state index < -0.39 is 0 Å². The maximum Gasteiger partial charge on any atom is 0.127 e. The van der Waals surface area contributed by atoms with Crippen molar-refractivity contribution in [1.82, 2.24) is 0 Å². The lowest BCUT2D eigenvalue weighted by Gasteiger charge is -2.39. The number of rotatable bonds is 3. The van der Waals surface area contributed by atoms with Gasteiger partial charge in [-0.2, -0.15) is 0 Å². The van der Waals surface area contributed by atoms with Crippen LogP contribution in [-0.4, -0.2) is 7.11 Å². The molecule has 106 valence electrons. The highest BCUT2D eigenvalue weighted by molar-refractivity contribution is 5.48. The predicted octanol–water partition coefficient (Wildman–Crippen LogP) is 4.07. The number of nitrogens with two attached hydrogens (primary N) is 1. The summed E-state index contributed by atoms with van der Waals surface area (Å²) in [5.41, 5.74) is 10.3. The first-order valence-corrected chi connectivity index (χ1v) is 7.45. The SMILES string of the molecule is CCC1CCCC(N)(c2ccc(C)c(C)c2OC)C1. The summed E-state index contributed by atoms with van der Waals surface area (Å²) in [6.45, 7) is 6.52. The largest absolute Gasteiger partial charge is 0.496 e. The van der Waals surface area contributed by atoms with Crippen LogP contribution in [0.3, 0.4) is 0 Å². The zero-order valence-corrected chi connectivity index (χ0v) is 12.8. The molecule has 0 spiro atoms. The molecule has 0 aliphatic heterocycles. The van der Waals surface area contributed by atoms with Crippen LogP contribution in [0.4, 0.5) is 0 Å².